The van der Waals surface area contributed by atoms with Crippen molar-refractivity contribution in [1.29, 1.82) is 5.26 Å². The highest BCUT2D eigenvalue weighted by Crippen LogP contribution is 2.18. The molecule has 1 N–H and O–H groups in total. The summed E-state index contributed by atoms with van der Waals surface area (Å²) in [6.45, 7) is 6.92. The van der Waals surface area contributed by atoms with E-state index in [4.69, 9.17) is 5.26 Å². The maximum atomic E-state index is 8.74. The second-order valence-electron chi connectivity index (χ2n) is 4.95. The summed E-state index contributed by atoms with van der Waals surface area (Å²) in [5.74, 6) is 0.781. The van der Waals surface area contributed by atoms with Crippen molar-refractivity contribution < 1.29 is 0 Å². The fourth-order valence-electron chi connectivity index (χ4n) is 2.43. The highest BCUT2D eigenvalue weighted by atomic mass is 15.1. The van der Waals surface area contributed by atoms with Crippen LogP contribution in [-0.4, -0.2) is 31.1 Å². The molecule has 0 aromatic heterocycles. The number of nitriles is 1. The Labute approximate surface area is 109 Å². The Balaban J connectivity index is 1.76. The first kappa shape index (κ1) is 12.9. The fraction of sp³-hybridized carbons (Fsp3) is 0.533. The lowest BCUT2D eigenvalue weighted by molar-refractivity contribution is 0.198. The second kappa shape index (κ2) is 6.42. The van der Waals surface area contributed by atoms with Crippen LogP contribution in [0.3, 0.4) is 0 Å². The normalized spacial score (nSPS) is 17.3. The quantitative estimate of drug-likeness (QED) is 0.883. The van der Waals surface area contributed by atoms with E-state index in [9.17, 15) is 0 Å². The summed E-state index contributed by atoms with van der Waals surface area (Å²) >= 11 is 0. The lowest BCUT2D eigenvalue weighted by atomic mass is 9.97. The average Bonchev–Trinajstić information content (AvgIpc) is 2.46. The van der Waals surface area contributed by atoms with Crippen LogP contribution in [0.15, 0.2) is 24.3 Å². The number of likely N-dealkylation sites (tertiary alicyclic amines) is 1. The molecule has 0 unspecified atom stereocenters. The molecule has 1 saturated heterocycles. The van der Waals surface area contributed by atoms with Gasteiger partial charge in [-0.1, -0.05) is 6.92 Å². The lowest BCUT2D eigenvalue weighted by Crippen LogP contribution is -2.35. The smallest absolute Gasteiger partial charge is 0.0991 e. The Morgan fingerprint density at radius 1 is 1.28 bits per heavy atom. The number of anilines is 1. The summed E-state index contributed by atoms with van der Waals surface area (Å²) in [5, 5.41) is 12.2. The largest absolute Gasteiger partial charge is 0.385 e. The van der Waals surface area contributed by atoms with E-state index in [0.29, 0.717) is 0 Å². The molecule has 0 bridgehead atoms. The predicted molar refractivity (Wildman–Crippen MR) is 74.5 cm³/mol. The zero-order chi connectivity index (χ0) is 12.8. The molecule has 1 fully saturated rings. The topological polar surface area (TPSA) is 39.1 Å². The van der Waals surface area contributed by atoms with Gasteiger partial charge in [0.2, 0.25) is 0 Å². The van der Waals surface area contributed by atoms with E-state index in [-0.39, 0.29) is 0 Å². The highest BCUT2D eigenvalue weighted by Gasteiger charge is 2.17. The molecule has 0 aliphatic carbocycles. The molecule has 1 aliphatic rings. The van der Waals surface area contributed by atoms with Crippen molar-refractivity contribution in [3.8, 4) is 6.07 Å². The molecule has 2 rings (SSSR count). The van der Waals surface area contributed by atoms with Gasteiger partial charge >= 0.3 is 0 Å². The highest BCUT2D eigenvalue weighted by molar-refractivity contribution is 5.47. The molecule has 3 heteroatoms. The Morgan fingerprint density at radius 2 is 1.94 bits per heavy atom. The van der Waals surface area contributed by atoms with Crippen molar-refractivity contribution in [2.24, 2.45) is 5.92 Å². The Bertz CT molecular complexity index is 397. The van der Waals surface area contributed by atoms with Gasteiger partial charge in [0.15, 0.2) is 0 Å². The van der Waals surface area contributed by atoms with Crippen LogP contribution in [0.2, 0.25) is 0 Å². The van der Waals surface area contributed by atoms with Crippen LogP contribution in [0, 0.1) is 17.2 Å². The van der Waals surface area contributed by atoms with Gasteiger partial charge < -0.3 is 10.2 Å². The van der Waals surface area contributed by atoms with Gasteiger partial charge in [0.1, 0.15) is 0 Å². The van der Waals surface area contributed by atoms with E-state index in [1.165, 1.54) is 32.5 Å². The van der Waals surface area contributed by atoms with Crippen LogP contribution in [0.5, 0.6) is 0 Å². The van der Waals surface area contributed by atoms with Gasteiger partial charge in [-0.15, -0.1) is 0 Å². The number of piperidine rings is 1. The van der Waals surface area contributed by atoms with Crippen LogP contribution in [0.1, 0.15) is 25.3 Å². The summed E-state index contributed by atoms with van der Waals surface area (Å²) in [6, 6.07) is 9.84. The predicted octanol–water partition coefficient (Wildman–Crippen LogP) is 2.70. The molecule has 1 heterocycles. The van der Waals surface area contributed by atoms with E-state index >= 15 is 0 Å². The standard InChI is InChI=1S/C15H21N3/c1-2-18-9-7-14(8-10-18)12-17-15-5-3-13(11-16)4-6-15/h3-6,14,17H,2,7-10,12H2,1H3. The Hall–Kier alpha value is -1.53. The molecule has 0 saturated carbocycles. The minimum absolute atomic E-state index is 0.719. The first-order valence-corrected chi connectivity index (χ1v) is 6.78. The van der Waals surface area contributed by atoms with E-state index in [1.54, 1.807) is 0 Å². The van der Waals surface area contributed by atoms with Crippen LogP contribution in [0.25, 0.3) is 0 Å². The molecule has 18 heavy (non-hydrogen) atoms. The van der Waals surface area contributed by atoms with Gasteiger partial charge in [-0.3, -0.25) is 0 Å². The van der Waals surface area contributed by atoms with Gasteiger partial charge in [0.25, 0.3) is 0 Å². The number of hydrogen-bond acceptors (Lipinski definition) is 3. The maximum Gasteiger partial charge on any atom is 0.0991 e. The van der Waals surface area contributed by atoms with Crippen molar-refractivity contribution in [1.82, 2.24) is 4.90 Å². The van der Waals surface area contributed by atoms with E-state index in [0.717, 1.165) is 23.7 Å². The monoisotopic (exact) mass is 243 g/mol. The minimum Gasteiger partial charge on any atom is -0.385 e. The SMILES string of the molecule is CCN1CCC(CNc2ccc(C#N)cc2)CC1. The summed E-state index contributed by atoms with van der Waals surface area (Å²) < 4.78 is 0. The number of hydrogen-bond donors (Lipinski definition) is 1. The zero-order valence-corrected chi connectivity index (χ0v) is 11.0. The zero-order valence-electron chi connectivity index (χ0n) is 11.0. The second-order valence-corrected chi connectivity index (χ2v) is 4.95. The number of rotatable bonds is 4. The number of benzene rings is 1. The minimum atomic E-state index is 0.719. The lowest BCUT2D eigenvalue weighted by Gasteiger charge is -2.31. The molecule has 0 atom stereocenters. The molecular weight excluding hydrogens is 222 g/mol. The Kier molecular flexibility index (Phi) is 4.60. The number of nitrogens with zero attached hydrogens (tertiary/aromatic N) is 2. The molecule has 3 nitrogen and oxygen atoms in total. The summed E-state index contributed by atoms with van der Waals surface area (Å²) in [6.07, 6.45) is 2.58. The number of nitrogens with one attached hydrogen (secondary N) is 1. The van der Waals surface area contributed by atoms with Crippen molar-refractivity contribution in [2.45, 2.75) is 19.8 Å². The molecule has 1 aromatic carbocycles. The molecule has 1 aliphatic heterocycles. The third-order valence-corrected chi connectivity index (χ3v) is 3.76. The molecular formula is C15H21N3. The van der Waals surface area contributed by atoms with Gasteiger partial charge in [-0.2, -0.15) is 5.26 Å². The van der Waals surface area contributed by atoms with E-state index < -0.39 is 0 Å². The van der Waals surface area contributed by atoms with Gasteiger partial charge in [0.05, 0.1) is 11.6 Å². The van der Waals surface area contributed by atoms with E-state index in [1.807, 2.05) is 24.3 Å². The summed E-state index contributed by atoms with van der Waals surface area (Å²) in [4.78, 5) is 2.51. The molecule has 0 amide bonds. The van der Waals surface area contributed by atoms with Crippen LogP contribution in [-0.2, 0) is 0 Å². The van der Waals surface area contributed by atoms with Crippen molar-refractivity contribution >= 4 is 5.69 Å². The average molecular weight is 243 g/mol. The molecule has 0 radical (unpaired) electrons. The van der Waals surface area contributed by atoms with Crippen molar-refractivity contribution in [3.63, 3.8) is 0 Å². The van der Waals surface area contributed by atoms with E-state index in [2.05, 4.69) is 23.2 Å². The van der Waals surface area contributed by atoms with Gasteiger partial charge in [-0.25, -0.2) is 0 Å². The van der Waals surface area contributed by atoms with Crippen LogP contribution < -0.4 is 5.32 Å². The molecule has 1 aromatic rings. The Morgan fingerprint density at radius 3 is 2.50 bits per heavy atom. The van der Waals surface area contributed by atoms with Gasteiger partial charge in [0, 0.05) is 12.2 Å². The molecule has 0 spiro atoms. The van der Waals surface area contributed by atoms with Crippen LogP contribution >= 0.6 is 0 Å². The third kappa shape index (κ3) is 3.48. The third-order valence-electron chi connectivity index (χ3n) is 3.76. The first-order valence-electron chi connectivity index (χ1n) is 6.78. The van der Waals surface area contributed by atoms with Crippen molar-refractivity contribution in [2.75, 3.05) is 31.5 Å². The fourth-order valence-corrected chi connectivity index (χ4v) is 2.43. The first-order chi connectivity index (χ1) is 8.81. The molecule has 96 valence electrons. The summed E-state index contributed by atoms with van der Waals surface area (Å²) in [5.41, 5.74) is 1.84. The summed E-state index contributed by atoms with van der Waals surface area (Å²) in [7, 11) is 0. The van der Waals surface area contributed by atoms with Crippen molar-refractivity contribution in [3.05, 3.63) is 29.8 Å². The van der Waals surface area contributed by atoms with Crippen LogP contribution in [0.4, 0.5) is 5.69 Å². The maximum absolute atomic E-state index is 8.74. The van der Waals surface area contributed by atoms with Gasteiger partial charge in [-0.05, 0) is 62.7 Å².